The van der Waals surface area contributed by atoms with Crippen LogP contribution in [0.5, 0.6) is 0 Å². The van der Waals surface area contributed by atoms with Crippen LogP contribution in [-0.2, 0) is 5.41 Å². The number of hydrogen-bond acceptors (Lipinski definition) is 5. The van der Waals surface area contributed by atoms with E-state index < -0.39 is 0 Å². The molecule has 0 radical (unpaired) electrons. The smallest absolute Gasteiger partial charge is 0.253 e. The van der Waals surface area contributed by atoms with Gasteiger partial charge in [-0.2, -0.15) is 0 Å². The molecule has 6 nitrogen and oxygen atoms in total. The lowest BCUT2D eigenvalue weighted by Crippen LogP contribution is -2.45. The lowest BCUT2D eigenvalue weighted by molar-refractivity contribution is 0.0917. The molecule has 4 rings (SSSR count). The number of amides is 1. The van der Waals surface area contributed by atoms with Gasteiger partial charge in [0.25, 0.3) is 5.91 Å². The Labute approximate surface area is 189 Å². The van der Waals surface area contributed by atoms with Crippen molar-refractivity contribution in [2.75, 3.05) is 44.7 Å². The van der Waals surface area contributed by atoms with Crippen molar-refractivity contribution in [2.45, 2.75) is 37.1 Å². The molecule has 7 heteroatoms. The summed E-state index contributed by atoms with van der Waals surface area (Å²) in [7, 11) is 2.13. The van der Waals surface area contributed by atoms with Crippen LogP contribution in [0.3, 0.4) is 0 Å². The summed E-state index contributed by atoms with van der Waals surface area (Å²) in [6.45, 7) is 4.58. The van der Waals surface area contributed by atoms with Gasteiger partial charge in [-0.3, -0.25) is 4.79 Å². The van der Waals surface area contributed by atoms with Gasteiger partial charge in [0.05, 0.1) is 5.56 Å². The molecule has 1 aliphatic carbocycles. The van der Waals surface area contributed by atoms with Crippen LogP contribution in [0.1, 0.15) is 41.6 Å². The molecule has 0 atom stereocenters. The summed E-state index contributed by atoms with van der Waals surface area (Å²) in [4.78, 5) is 21.9. The molecule has 2 aliphatic rings. The maximum Gasteiger partial charge on any atom is 0.253 e. The van der Waals surface area contributed by atoms with Crippen LogP contribution in [0.25, 0.3) is 0 Å². The SMILES string of the molecule is CN1CCN(c2ccc(C(=O)NC3CCC(CN)(c4cccc(Cl)c4)CC3)cn2)CC1. The number of halogens is 1. The van der Waals surface area contributed by atoms with Gasteiger partial charge < -0.3 is 20.9 Å². The molecule has 1 saturated heterocycles. The van der Waals surface area contributed by atoms with E-state index in [1.807, 2.05) is 30.3 Å². The molecule has 2 aromatic rings. The maximum atomic E-state index is 12.8. The van der Waals surface area contributed by atoms with Gasteiger partial charge in [0.2, 0.25) is 0 Å². The van der Waals surface area contributed by atoms with Gasteiger partial charge in [0.15, 0.2) is 0 Å². The molecule has 1 aromatic carbocycles. The first-order valence-electron chi connectivity index (χ1n) is 11.2. The molecule has 0 unspecified atom stereocenters. The number of nitrogens with one attached hydrogen (secondary N) is 1. The minimum absolute atomic E-state index is 0.0505. The standard InChI is InChI=1S/C24H32ClN5O/c1-29-11-13-30(14-12-29)22-6-5-18(16-27-22)23(31)28-21-7-9-24(17-26,10-8-21)19-3-2-4-20(25)15-19/h2-6,15-16,21H,7-14,17,26H2,1H3,(H,28,31). The summed E-state index contributed by atoms with van der Waals surface area (Å²) in [6.07, 6.45) is 5.39. The number of pyridine rings is 1. The highest BCUT2D eigenvalue weighted by molar-refractivity contribution is 6.30. The predicted octanol–water partition coefficient (Wildman–Crippen LogP) is 3.06. The van der Waals surface area contributed by atoms with Gasteiger partial charge >= 0.3 is 0 Å². The number of piperazine rings is 1. The Morgan fingerprint density at radius 1 is 1.19 bits per heavy atom. The Kier molecular flexibility index (Phi) is 6.80. The Balaban J connectivity index is 1.33. The number of aromatic nitrogens is 1. The zero-order valence-electron chi connectivity index (χ0n) is 18.2. The van der Waals surface area contributed by atoms with Crippen molar-refractivity contribution in [3.63, 3.8) is 0 Å². The van der Waals surface area contributed by atoms with Gasteiger partial charge in [0, 0.05) is 55.4 Å². The van der Waals surface area contributed by atoms with E-state index in [-0.39, 0.29) is 17.4 Å². The first-order valence-corrected chi connectivity index (χ1v) is 11.5. The highest BCUT2D eigenvalue weighted by atomic mass is 35.5. The fraction of sp³-hybridized carbons (Fsp3) is 0.500. The molecule has 1 aromatic heterocycles. The third-order valence-electron chi connectivity index (χ3n) is 6.94. The molecule has 1 amide bonds. The third-order valence-corrected chi connectivity index (χ3v) is 7.18. The van der Waals surface area contributed by atoms with Crippen molar-refractivity contribution < 1.29 is 4.79 Å². The van der Waals surface area contributed by atoms with Gasteiger partial charge in [-0.05, 0) is 62.6 Å². The molecule has 1 saturated carbocycles. The van der Waals surface area contributed by atoms with Crippen LogP contribution in [0.4, 0.5) is 5.82 Å². The van der Waals surface area contributed by atoms with E-state index in [9.17, 15) is 4.79 Å². The van der Waals surface area contributed by atoms with Gasteiger partial charge in [-0.1, -0.05) is 23.7 Å². The summed E-state index contributed by atoms with van der Waals surface area (Å²) in [5.74, 6) is 0.891. The normalized spacial score (nSPS) is 24.7. The van der Waals surface area contributed by atoms with E-state index in [1.54, 1.807) is 6.20 Å². The highest BCUT2D eigenvalue weighted by Gasteiger charge is 2.36. The summed E-state index contributed by atoms with van der Waals surface area (Å²) < 4.78 is 0. The second kappa shape index (κ2) is 9.55. The number of nitrogens with two attached hydrogens (primary N) is 1. The summed E-state index contributed by atoms with van der Waals surface area (Å²) in [5.41, 5.74) is 7.96. The zero-order chi connectivity index (χ0) is 21.8. The molecule has 2 fully saturated rings. The van der Waals surface area contributed by atoms with Crippen LogP contribution in [0.2, 0.25) is 5.02 Å². The highest BCUT2D eigenvalue weighted by Crippen LogP contribution is 2.39. The van der Waals surface area contributed by atoms with Crippen molar-refractivity contribution >= 4 is 23.3 Å². The van der Waals surface area contributed by atoms with Crippen molar-refractivity contribution in [2.24, 2.45) is 5.73 Å². The van der Waals surface area contributed by atoms with E-state index in [0.29, 0.717) is 12.1 Å². The largest absolute Gasteiger partial charge is 0.354 e. The van der Waals surface area contributed by atoms with Crippen LogP contribution >= 0.6 is 11.6 Å². The number of likely N-dealkylation sites (N-methyl/N-ethyl adjacent to an activating group) is 1. The predicted molar refractivity (Wildman–Crippen MR) is 126 cm³/mol. The monoisotopic (exact) mass is 441 g/mol. The molecule has 2 heterocycles. The number of carbonyl (C=O) groups is 1. The van der Waals surface area contributed by atoms with Gasteiger partial charge in [-0.15, -0.1) is 0 Å². The minimum Gasteiger partial charge on any atom is -0.354 e. The minimum atomic E-state index is -0.0577. The fourth-order valence-corrected chi connectivity index (χ4v) is 4.95. The molecular formula is C24H32ClN5O. The first kappa shape index (κ1) is 22.1. The lowest BCUT2D eigenvalue weighted by Gasteiger charge is -2.40. The number of nitrogens with zero attached hydrogens (tertiary/aromatic N) is 3. The number of carbonyl (C=O) groups excluding carboxylic acids is 1. The van der Waals surface area contributed by atoms with Crippen LogP contribution in [0, 0.1) is 0 Å². The number of rotatable bonds is 5. The topological polar surface area (TPSA) is 74.5 Å². The molecule has 31 heavy (non-hydrogen) atoms. The third kappa shape index (κ3) is 5.03. The van der Waals surface area contributed by atoms with Crippen molar-refractivity contribution in [3.05, 3.63) is 58.7 Å². The van der Waals surface area contributed by atoms with Crippen molar-refractivity contribution in [1.29, 1.82) is 0 Å². The average molecular weight is 442 g/mol. The Hall–Kier alpha value is -2.15. The molecule has 0 bridgehead atoms. The molecule has 0 spiro atoms. The maximum absolute atomic E-state index is 12.8. The van der Waals surface area contributed by atoms with E-state index in [4.69, 9.17) is 17.3 Å². The fourth-order valence-electron chi connectivity index (χ4n) is 4.76. The van der Waals surface area contributed by atoms with Crippen LogP contribution in [0.15, 0.2) is 42.6 Å². The molecule has 3 N–H and O–H groups in total. The number of anilines is 1. The molecular weight excluding hydrogens is 410 g/mol. The second-order valence-corrected chi connectivity index (χ2v) is 9.37. The van der Waals surface area contributed by atoms with Crippen molar-refractivity contribution in [1.82, 2.24) is 15.2 Å². The number of hydrogen-bond donors (Lipinski definition) is 2. The first-order chi connectivity index (χ1) is 15.0. The quantitative estimate of drug-likeness (QED) is 0.745. The summed E-state index contributed by atoms with van der Waals surface area (Å²) in [5, 5.41) is 3.94. The Bertz CT molecular complexity index is 887. The Morgan fingerprint density at radius 2 is 1.94 bits per heavy atom. The number of benzene rings is 1. The van der Waals surface area contributed by atoms with Crippen LogP contribution in [-0.4, -0.2) is 61.6 Å². The molecule has 166 valence electrons. The Morgan fingerprint density at radius 3 is 2.55 bits per heavy atom. The zero-order valence-corrected chi connectivity index (χ0v) is 18.9. The van der Waals surface area contributed by atoms with Crippen molar-refractivity contribution in [3.8, 4) is 0 Å². The second-order valence-electron chi connectivity index (χ2n) is 8.94. The van der Waals surface area contributed by atoms with E-state index >= 15 is 0 Å². The lowest BCUT2D eigenvalue weighted by atomic mass is 9.68. The summed E-state index contributed by atoms with van der Waals surface area (Å²) >= 11 is 6.21. The summed E-state index contributed by atoms with van der Waals surface area (Å²) in [6, 6.07) is 12.0. The molecule has 1 aliphatic heterocycles. The van der Waals surface area contributed by atoms with E-state index in [1.165, 1.54) is 5.56 Å². The van der Waals surface area contributed by atoms with E-state index in [0.717, 1.165) is 62.7 Å². The van der Waals surface area contributed by atoms with E-state index in [2.05, 4.69) is 33.2 Å². The average Bonchev–Trinajstić information content (AvgIpc) is 2.80. The van der Waals surface area contributed by atoms with Crippen LogP contribution < -0.4 is 16.0 Å². The van der Waals surface area contributed by atoms with Gasteiger partial charge in [0.1, 0.15) is 5.82 Å². The van der Waals surface area contributed by atoms with Gasteiger partial charge in [-0.25, -0.2) is 4.98 Å².